The Labute approximate surface area is 128 Å². The maximum absolute atomic E-state index is 13.4. The van der Waals surface area contributed by atoms with E-state index < -0.39 is 17.8 Å². The zero-order valence-electron chi connectivity index (χ0n) is 11.8. The molecule has 6 nitrogen and oxygen atoms in total. The number of hydrogen-bond acceptors (Lipinski definition) is 4. The lowest BCUT2D eigenvalue weighted by molar-refractivity contribution is -0.127. The molecule has 0 spiro atoms. The lowest BCUT2D eigenvalue weighted by Crippen LogP contribution is -2.50. The van der Waals surface area contributed by atoms with Gasteiger partial charge in [0.15, 0.2) is 22.8 Å². The molecule has 1 amide bonds. The second-order valence-corrected chi connectivity index (χ2v) is 4.46. The lowest BCUT2D eigenvalue weighted by atomic mass is 10.3. The second-order valence-electron chi connectivity index (χ2n) is 4.05. The Morgan fingerprint density at radius 2 is 2.10 bits per heavy atom. The van der Waals surface area contributed by atoms with E-state index in [0.29, 0.717) is 13.2 Å². The molecule has 0 saturated carbocycles. The van der Waals surface area contributed by atoms with E-state index in [9.17, 15) is 9.18 Å². The highest BCUT2D eigenvalue weighted by atomic mass is 32.1. The van der Waals surface area contributed by atoms with Crippen LogP contribution in [-0.2, 0) is 9.53 Å². The van der Waals surface area contributed by atoms with Gasteiger partial charge in [-0.15, -0.1) is 0 Å². The fourth-order valence-electron chi connectivity index (χ4n) is 1.32. The SMILES string of the molecule is COCCNC(=S)NNC(=O)[C@H](C)Oc1ccccc1F. The average Bonchev–Trinajstić information content (AvgIpc) is 2.47. The molecule has 0 unspecified atom stereocenters. The van der Waals surface area contributed by atoms with E-state index in [1.165, 1.54) is 19.1 Å². The lowest BCUT2D eigenvalue weighted by Gasteiger charge is -2.16. The number of amides is 1. The molecule has 1 atom stereocenters. The van der Waals surface area contributed by atoms with Gasteiger partial charge in [-0.3, -0.25) is 15.6 Å². The third-order valence-electron chi connectivity index (χ3n) is 2.40. The number of halogens is 1. The third kappa shape index (κ3) is 6.37. The number of benzene rings is 1. The molecule has 0 heterocycles. The van der Waals surface area contributed by atoms with Crippen molar-refractivity contribution in [3.63, 3.8) is 0 Å². The molecule has 0 saturated heterocycles. The second kappa shape index (κ2) is 9.09. The van der Waals surface area contributed by atoms with Crippen LogP contribution in [-0.4, -0.2) is 37.4 Å². The minimum Gasteiger partial charge on any atom is -0.478 e. The molecule has 116 valence electrons. The summed E-state index contributed by atoms with van der Waals surface area (Å²) < 4.78 is 23.5. The molecule has 0 aliphatic carbocycles. The summed E-state index contributed by atoms with van der Waals surface area (Å²) in [5.41, 5.74) is 4.88. The monoisotopic (exact) mass is 315 g/mol. The predicted octanol–water partition coefficient (Wildman–Crippen LogP) is 0.735. The van der Waals surface area contributed by atoms with E-state index in [2.05, 4.69) is 16.2 Å². The van der Waals surface area contributed by atoms with Crippen LogP contribution in [0.4, 0.5) is 4.39 Å². The number of nitrogens with one attached hydrogen (secondary N) is 3. The maximum Gasteiger partial charge on any atom is 0.279 e. The molecule has 1 aromatic rings. The van der Waals surface area contributed by atoms with E-state index in [1.54, 1.807) is 19.2 Å². The van der Waals surface area contributed by atoms with Crippen molar-refractivity contribution in [3.8, 4) is 5.75 Å². The van der Waals surface area contributed by atoms with Crippen LogP contribution in [0.5, 0.6) is 5.75 Å². The fourth-order valence-corrected chi connectivity index (χ4v) is 1.47. The van der Waals surface area contributed by atoms with Crippen molar-refractivity contribution in [3.05, 3.63) is 30.1 Å². The number of carbonyl (C=O) groups is 1. The van der Waals surface area contributed by atoms with Crippen LogP contribution < -0.4 is 20.9 Å². The van der Waals surface area contributed by atoms with Crippen LogP contribution in [0.25, 0.3) is 0 Å². The number of para-hydroxylation sites is 1. The molecule has 1 aromatic carbocycles. The summed E-state index contributed by atoms with van der Waals surface area (Å²) in [6.45, 7) is 2.51. The molecule has 0 radical (unpaired) electrons. The molecular formula is C13H18FN3O3S. The van der Waals surface area contributed by atoms with Crippen molar-refractivity contribution >= 4 is 23.2 Å². The van der Waals surface area contributed by atoms with E-state index in [1.807, 2.05) is 0 Å². The van der Waals surface area contributed by atoms with Gasteiger partial charge in [0.2, 0.25) is 0 Å². The van der Waals surface area contributed by atoms with Crippen molar-refractivity contribution in [2.45, 2.75) is 13.0 Å². The van der Waals surface area contributed by atoms with E-state index >= 15 is 0 Å². The molecule has 8 heteroatoms. The molecule has 1 rings (SSSR count). The van der Waals surface area contributed by atoms with Gasteiger partial charge >= 0.3 is 0 Å². The highest BCUT2D eigenvalue weighted by Gasteiger charge is 2.16. The van der Waals surface area contributed by atoms with Crippen molar-refractivity contribution in [2.24, 2.45) is 0 Å². The molecule has 0 aromatic heterocycles. The Bertz CT molecular complexity index is 487. The first kappa shape index (κ1) is 17.1. The van der Waals surface area contributed by atoms with Gasteiger partial charge in [-0.2, -0.15) is 0 Å². The Balaban J connectivity index is 2.34. The van der Waals surface area contributed by atoms with E-state index in [4.69, 9.17) is 21.7 Å². The minimum atomic E-state index is -0.879. The van der Waals surface area contributed by atoms with Gasteiger partial charge in [0.1, 0.15) is 0 Å². The van der Waals surface area contributed by atoms with Crippen molar-refractivity contribution in [1.29, 1.82) is 0 Å². The molecule has 0 aliphatic heterocycles. The maximum atomic E-state index is 13.4. The zero-order chi connectivity index (χ0) is 15.7. The summed E-state index contributed by atoms with van der Waals surface area (Å²) in [4.78, 5) is 11.8. The standard InChI is InChI=1S/C13H18FN3O3S/c1-9(20-11-6-4-3-5-10(11)14)12(18)16-17-13(21)15-7-8-19-2/h3-6,9H,7-8H2,1-2H3,(H,16,18)(H2,15,17,21)/t9-/m0/s1. The quantitative estimate of drug-likeness (QED) is 0.408. The van der Waals surface area contributed by atoms with Gasteiger partial charge in [-0.25, -0.2) is 4.39 Å². The van der Waals surface area contributed by atoms with Gasteiger partial charge in [0.25, 0.3) is 5.91 Å². The minimum absolute atomic E-state index is 0.0148. The average molecular weight is 315 g/mol. The Hall–Kier alpha value is -1.93. The fraction of sp³-hybridized carbons (Fsp3) is 0.385. The largest absolute Gasteiger partial charge is 0.478 e. The molecule has 0 aliphatic rings. The normalized spacial score (nSPS) is 11.4. The van der Waals surface area contributed by atoms with Crippen LogP contribution in [0, 0.1) is 5.82 Å². The number of methoxy groups -OCH3 is 1. The van der Waals surface area contributed by atoms with Crippen LogP contribution in [0.3, 0.4) is 0 Å². The van der Waals surface area contributed by atoms with Gasteiger partial charge in [0.05, 0.1) is 6.61 Å². The summed E-state index contributed by atoms with van der Waals surface area (Å²) in [6, 6.07) is 5.87. The molecule has 3 N–H and O–H groups in total. The smallest absolute Gasteiger partial charge is 0.279 e. The van der Waals surface area contributed by atoms with Crippen LogP contribution in [0.2, 0.25) is 0 Å². The number of thiocarbonyl (C=S) groups is 1. The van der Waals surface area contributed by atoms with Crippen LogP contribution >= 0.6 is 12.2 Å². The summed E-state index contributed by atoms with van der Waals surface area (Å²) in [5, 5.41) is 3.07. The first-order chi connectivity index (χ1) is 10.0. The number of ether oxygens (including phenoxy) is 2. The van der Waals surface area contributed by atoms with E-state index in [-0.39, 0.29) is 10.9 Å². The highest BCUT2D eigenvalue weighted by Crippen LogP contribution is 2.16. The summed E-state index contributed by atoms with van der Waals surface area (Å²) in [7, 11) is 1.57. The van der Waals surface area contributed by atoms with Gasteiger partial charge in [-0.05, 0) is 31.3 Å². The first-order valence-corrected chi connectivity index (χ1v) is 6.69. The third-order valence-corrected chi connectivity index (χ3v) is 2.65. The van der Waals surface area contributed by atoms with Crippen molar-refractivity contribution in [1.82, 2.24) is 16.2 Å². The number of hydrogen-bond donors (Lipinski definition) is 3. The molecular weight excluding hydrogens is 297 g/mol. The van der Waals surface area contributed by atoms with Crippen LogP contribution in [0.15, 0.2) is 24.3 Å². The molecule has 0 fully saturated rings. The Morgan fingerprint density at radius 1 is 1.38 bits per heavy atom. The van der Waals surface area contributed by atoms with Gasteiger partial charge in [0, 0.05) is 13.7 Å². The topological polar surface area (TPSA) is 71.6 Å². The number of rotatable bonds is 6. The Kier molecular flexibility index (Phi) is 7.41. The first-order valence-electron chi connectivity index (χ1n) is 6.28. The van der Waals surface area contributed by atoms with E-state index in [0.717, 1.165) is 0 Å². The molecule has 0 bridgehead atoms. The summed E-state index contributed by atoms with van der Waals surface area (Å²) in [5.74, 6) is -0.989. The van der Waals surface area contributed by atoms with Crippen molar-refractivity contribution in [2.75, 3.05) is 20.3 Å². The highest BCUT2D eigenvalue weighted by molar-refractivity contribution is 7.80. The van der Waals surface area contributed by atoms with Crippen molar-refractivity contribution < 1.29 is 18.7 Å². The predicted molar refractivity (Wildman–Crippen MR) is 80.2 cm³/mol. The molecule has 21 heavy (non-hydrogen) atoms. The summed E-state index contributed by atoms with van der Waals surface area (Å²) in [6.07, 6.45) is -0.879. The zero-order valence-corrected chi connectivity index (χ0v) is 12.6. The number of hydrazine groups is 1. The van der Waals surface area contributed by atoms with Gasteiger partial charge in [-0.1, -0.05) is 12.1 Å². The Morgan fingerprint density at radius 3 is 2.76 bits per heavy atom. The van der Waals surface area contributed by atoms with Crippen LogP contribution in [0.1, 0.15) is 6.92 Å². The van der Waals surface area contributed by atoms with Gasteiger partial charge < -0.3 is 14.8 Å². The summed E-state index contributed by atoms with van der Waals surface area (Å²) >= 11 is 4.93. The number of carbonyl (C=O) groups excluding carboxylic acids is 1.